The lowest BCUT2D eigenvalue weighted by Crippen LogP contribution is -2.07. The van der Waals surface area contributed by atoms with Crippen LogP contribution >= 0.6 is 7.60 Å². The molecule has 4 nitrogen and oxygen atoms in total. The molecule has 0 fully saturated rings. The molecule has 12 heavy (non-hydrogen) atoms. The van der Waals surface area contributed by atoms with Gasteiger partial charge in [0.15, 0.2) is 0 Å². The summed E-state index contributed by atoms with van der Waals surface area (Å²) in [6, 6.07) is 1.48. The number of rotatable bonds is 5. The van der Waals surface area contributed by atoms with Gasteiger partial charge in [-0.15, -0.1) is 0 Å². The van der Waals surface area contributed by atoms with Crippen molar-refractivity contribution >= 4 is 7.60 Å². The third-order valence-electron chi connectivity index (χ3n) is 1.06. The average Bonchev–Trinajstić information content (AvgIpc) is 2.02. The molecule has 0 spiro atoms. The van der Waals surface area contributed by atoms with Crippen molar-refractivity contribution in [3.8, 4) is 6.07 Å². The molecule has 5 heteroatoms. The van der Waals surface area contributed by atoms with Crippen LogP contribution < -0.4 is 0 Å². The molecule has 0 amide bonds. The van der Waals surface area contributed by atoms with Gasteiger partial charge in [-0.05, 0) is 20.7 Å². The molecule has 0 rings (SSSR count). The van der Waals surface area contributed by atoms with Crippen molar-refractivity contribution in [2.45, 2.75) is 26.4 Å². The predicted octanol–water partition coefficient (Wildman–Crippen LogP) is 2.16. The molecule has 1 atom stereocenters. The molecule has 0 aromatic carbocycles. The summed E-state index contributed by atoms with van der Waals surface area (Å²) in [4.78, 5) is 0. The molecule has 0 saturated carbocycles. The zero-order valence-corrected chi connectivity index (χ0v) is 8.01. The first-order valence-corrected chi connectivity index (χ1v) is 5.21. The second kappa shape index (κ2) is 5.31. The summed E-state index contributed by atoms with van der Waals surface area (Å²) in [5.41, 5.74) is -1.73. The molecule has 1 unspecified atom stereocenters. The van der Waals surface area contributed by atoms with Crippen molar-refractivity contribution in [3.05, 3.63) is 0 Å². The Morgan fingerprint density at radius 2 is 2.08 bits per heavy atom. The zero-order chi connectivity index (χ0) is 12.1. The van der Waals surface area contributed by atoms with Crippen LogP contribution in [-0.2, 0) is 13.6 Å². The third kappa shape index (κ3) is 2.94. The van der Waals surface area contributed by atoms with Gasteiger partial charge in [0.1, 0.15) is 5.66 Å². The van der Waals surface area contributed by atoms with Crippen molar-refractivity contribution in [2.24, 2.45) is 0 Å². The maximum atomic E-state index is 12.0. The van der Waals surface area contributed by atoms with Gasteiger partial charge >= 0.3 is 7.60 Å². The van der Waals surface area contributed by atoms with E-state index in [0.717, 1.165) is 0 Å². The Labute approximate surface area is 77.2 Å². The van der Waals surface area contributed by atoms with Crippen LogP contribution in [0.4, 0.5) is 0 Å². The van der Waals surface area contributed by atoms with Crippen LogP contribution in [0.5, 0.6) is 0 Å². The molecule has 0 bridgehead atoms. The molecule has 70 valence electrons. The van der Waals surface area contributed by atoms with Crippen molar-refractivity contribution < 1.29 is 17.7 Å². The Balaban J connectivity index is 5.05. The van der Waals surface area contributed by atoms with Crippen LogP contribution in [0.3, 0.4) is 0 Å². The number of nitriles is 1. The first-order chi connectivity index (χ1) is 6.81. The Bertz CT molecular complexity index is 276. The highest BCUT2D eigenvalue weighted by Gasteiger charge is 2.31. The second-order valence-corrected chi connectivity index (χ2v) is 4.02. The highest BCUT2D eigenvalue weighted by atomic mass is 31.2. The van der Waals surface area contributed by atoms with Crippen LogP contribution in [0.25, 0.3) is 0 Å². The SMILES string of the molecule is [2H]C([2H])([2H])C(C#N)P(=O)(OCC)OCC. The summed E-state index contributed by atoms with van der Waals surface area (Å²) in [5, 5.41) is 8.71. The predicted molar refractivity (Wildman–Crippen MR) is 45.9 cm³/mol. The minimum atomic E-state index is -3.87. The minimum absolute atomic E-state index is 0.0333. The summed E-state index contributed by atoms with van der Waals surface area (Å²) in [6.07, 6.45) is 0. The lowest BCUT2D eigenvalue weighted by Gasteiger charge is -2.18. The summed E-state index contributed by atoms with van der Waals surface area (Å²) in [7, 11) is -3.87. The summed E-state index contributed by atoms with van der Waals surface area (Å²) in [5.74, 6) is 0. The molecule has 0 aliphatic rings. The number of hydrogen-bond acceptors (Lipinski definition) is 4. The van der Waals surface area contributed by atoms with Gasteiger partial charge in [-0.1, -0.05) is 0 Å². The summed E-state index contributed by atoms with van der Waals surface area (Å²) < 4.78 is 42.8. The molecule has 0 aromatic rings. The van der Waals surface area contributed by atoms with Crippen molar-refractivity contribution in [1.29, 1.82) is 5.26 Å². The van der Waals surface area contributed by atoms with E-state index in [0.29, 0.717) is 0 Å². The highest BCUT2D eigenvalue weighted by Crippen LogP contribution is 2.52. The average molecular weight is 194 g/mol. The first-order valence-electron chi connectivity index (χ1n) is 5.10. The van der Waals surface area contributed by atoms with Gasteiger partial charge in [0, 0.05) is 4.11 Å². The summed E-state index contributed by atoms with van der Waals surface area (Å²) in [6.45, 7) is 0.505. The van der Waals surface area contributed by atoms with E-state index in [1.54, 1.807) is 13.8 Å². The van der Waals surface area contributed by atoms with E-state index in [2.05, 4.69) is 0 Å². The maximum absolute atomic E-state index is 12.0. The van der Waals surface area contributed by atoms with Crippen LogP contribution in [0.2, 0.25) is 0 Å². The first kappa shape index (κ1) is 7.08. The van der Waals surface area contributed by atoms with Gasteiger partial charge in [-0.2, -0.15) is 5.26 Å². The molecule has 0 heterocycles. The standard InChI is InChI=1S/C7H14NO3P/c1-4-10-12(9,11-5-2)7(3)6-8/h7H,4-5H2,1-3H3/i3D3. The van der Waals surface area contributed by atoms with Gasteiger partial charge in [0.05, 0.1) is 19.3 Å². The fourth-order valence-corrected chi connectivity index (χ4v) is 1.85. The van der Waals surface area contributed by atoms with Crippen LogP contribution in [-0.4, -0.2) is 18.9 Å². The molecular formula is C7H14NO3P. The van der Waals surface area contributed by atoms with Crippen LogP contribution in [0.15, 0.2) is 0 Å². The normalized spacial score (nSPS) is 18.6. The lowest BCUT2D eigenvalue weighted by molar-refractivity contribution is 0.217. The molecule has 0 aromatic heterocycles. The number of hydrogen-bond donors (Lipinski definition) is 0. The van der Waals surface area contributed by atoms with E-state index < -0.39 is 20.1 Å². The quantitative estimate of drug-likeness (QED) is 0.629. The van der Waals surface area contributed by atoms with E-state index in [9.17, 15) is 4.57 Å². The Hall–Kier alpha value is -0.360. The second-order valence-electron chi connectivity index (χ2n) is 1.91. The maximum Gasteiger partial charge on any atom is 0.347 e. The minimum Gasteiger partial charge on any atom is -0.308 e. The highest BCUT2D eigenvalue weighted by molar-refractivity contribution is 7.54. The zero-order valence-electron chi connectivity index (χ0n) is 10.1. The van der Waals surface area contributed by atoms with E-state index in [1.165, 1.54) is 6.07 Å². The molecule has 0 aliphatic heterocycles. The van der Waals surface area contributed by atoms with E-state index in [1.807, 2.05) is 0 Å². The third-order valence-corrected chi connectivity index (χ3v) is 3.04. The lowest BCUT2D eigenvalue weighted by atomic mass is 10.5. The number of nitrogens with zero attached hydrogens (tertiary/aromatic N) is 1. The molecule has 0 aliphatic carbocycles. The van der Waals surface area contributed by atoms with Gasteiger partial charge in [0.2, 0.25) is 0 Å². The van der Waals surface area contributed by atoms with Gasteiger partial charge in [0.25, 0.3) is 0 Å². The fraction of sp³-hybridized carbons (Fsp3) is 0.857. The van der Waals surface area contributed by atoms with E-state index in [-0.39, 0.29) is 13.2 Å². The largest absolute Gasteiger partial charge is 0.347 e. The van der Waals surface area contributed by atoms with Crippen LogP contribution in [0.1, 0.15) is 24.8 Å². The monoisotopic (exact) mass is 194 g/mol. The van der Waals surface area contributed by atoms with Crippen molar-refractivity contribution in [2.75, 3.05) is 13.2 Å². The Morgan fingerprint density at radius 3 is 2.33 bits per heavy atom. The fourth-order valence-electron chi connectivity index (χ4n) is 0.617. The van der Waals surface area contributed by atoms with Crippen molar-refractivity contribution in [3.63, 3.8) is 0 Å². The Kier molecular flexibility index (Phi) is 3.14. The smallest absolute Gasteiger partial charge is 0.308 e. The molecular weight excluding hydrogens is 177 g/mol. The topological polar surface area (TPSA) is 59.3 Å². The molecule has 0 N–H and O–H groups in total. The summed E-state index contributed by atoms with van der Waals surface area (Å²) >= 11 is 0. The van der Waals surface area contributed by atoms with Crippen molar-refractivity contribution in [1.82, 2.24) is 0 Å². The van der Waals surface area contributed by atoms with Gasteiger partial charge < -0.3 is 9.05 Å². The van der Waals surface area contributed by atoms with Gasteiger partial charge in [-0.25, -0.2) is 0 Å². The van der Waals surface area contributed by atoms with Gasteiger partial charge in [-0.3, -0.25) is 4.57 Å². The van der Waals surface area contributed by atoms with Crippen LogP contribution in [0, 0.1) is 11.3 Å². The van der Waals surface area contributed by atoms with E-state index >= 15 is 0 Å². The Morgan fingerprint density at radius 1 is 1.58 bits per heavy atom. The molecule has 0 radical (unpaired) electrons. The van der Waals surface area contributed by atoms with E-state index in [4.69, 9.17) is 18.4 Å². The molecule has 0 saturated heterocycles.